The highest BCUT2D eigenvalue weighted by molar-refractivity contribution is 5.85. The first-order valence-corrected chi connectivity index (χ1v) is 7.01. The van der Waals surface area contributed by atoms with Crippen molar-refractivity contribution in [1.29, 1.82) is 0 Å². The molecule has 3 heteroatoms. The average molecular weight is 283 g/mol. The molecular weight excluding hydrogens is 262 g/mol. The van der Waals surface area contributed by atoms with Gasteiger partial charge in [0.2, 0.25) is 0 Å². The van der Waals surface area contributed by atoms with Crippen LogP contribution in [-0.4, -0.2) is 27.0 Å². The Kier molecular flexibility index (Phi) is 5.38. The molecule has 0 fully saturated rings. The van der Waals surface area contributed by atoms with Crippen molar-refractivity contribution < 1.29 is 9.47 Å². The van der Waals surface area contributed by atoms with Crippen LogP contribution in [0, 0.1) is 6.92 Å². The van der Waals surface area contributed by atoms with Gasteiger partial charge in [-0.25, -0.2) is 0 Å². The van der Waals surface area contributed by atoms with Gasteiger partial charge in [0.05, 0.1) is 14.2 Å². The molecule has 0 aliphatic rings. The minimum atomic E-state index is 0.722. The third-order valence-corrected chi connectivity index (χ3v) is 3.44. The van der Waals surface area contributed by atoms with Gasteiger partial charge in [0.1, 0.15) is 0 Å². The van der Waals surface area contributed by atoms with Crippen LogP contribution in [0.1, 0.15) is 16.7 Å². The predicted octanol–water partition coefficient (Wildman–Crippen LogP) is 3.67. The summed E-state index contributed by atoms with van der Waals surface area (Å²) in [5, 5.41) is 0. The highest BCUT2D eigenvalue weighted by atomic mass is 16.5. The van der Waals surface area contributed by atoms with Gasteiger partial charge in [-0.2, -0.15) is 0 Å². The van der Waals surface area contributed by atoms with E-state index >= 15 is 0 Å². The van der Waals surface area contributed by atoms with Crippen molar-refractivity contribution in [1.82, 2.24) is 0 Å². The molecule has 2 aromatic rings. The van der Waals surface area contributed by atoms with Crippen LogP contribution < -0.4 is 9.47 Å². The lowest BCUT2D eigenvalue weighted by Gasteiger charge is -2.09. The molecule has 0 unspecified atom stereocenters. The largest absolute Gasteiger partial charge is 0.493 e. The van der Waals surface area contributed by atoms with Crippen LogP contribution in [0.2, 0.25) is 0 Å². The Morgan fingerprint density at radius 3 is 2.52 bits per heavy atom. The van der Waals surface area contributed by atoms with E-state index in [4.69, 9.17) is 9.47 Å². The van der Waals surface area contributed by atoms with Gasteiger partial charge in [0.15, 0.2) is 11.5 Å². The lowest BCUT2D eigenvalue weighted by atomic mass is 10.1. The van der Waals surface area contributed by atoms with Crippen LogP contribution in [0.3, 0.4) is 0 Å². The van der Waals surface area contributed by atoms with E-state index in [9.17, 15) is 0 Å². The van der Waals surface area contributed by atoms with Crippen LogP contribution in [0.25, 0.3) is 0 Å². The van der Waals surface area contributed by atoms with Gasteiger partial charge in [-0.3, -0.25) is 4.99 Å². The summed E-state index contributed by atoms with van der Waals surface area (Å²) in [5.74, 6) is 1.44. The zero-order valence-corrected chi connectivity index (χ0v) is 12.8. The standard InChI is InChI=1S/C18H21NO2/c1-14-7-4-5-8-15(14)11-12-19-13-16-9-6-10-17(20-2)18(16)21-3/h4-10,13H,11-12H2,1-3H3. The average Bonchev–Trinajstić information content (AvgIpc) is 2.52. The number of hydrogen-bond donors (Lipinski definition) is 0. The molecule has 3 nitrogen and oxygen atoms in total. The fourth-order valence-corrected chi connectivity index (χ4v) is 2.25. The van der Waals surface area contributed by atoms with Crippen molar-refractivity contribution >= 4 is 6.21 Å². The number of methoxy groups -OCH3 is 2. The van der Waals surface area contributed by atoms with Crippen LogP contribution in [-0.2, 0) is 6.42 Å². The molecular formula is C18H21NO2. The van der Waals surface area contributed by atoms with E-state index in [2.05, 4.69) is 36.2 Å². The second-order valence-corrected chi connectivity index (χ2v) is 4.79. The summed E-state index contributed by atoms with van der Waals surface area (Å²) in [4.78, 5) is 4.50. The smallest absolute Gasteiger partial charge is 0.169 e. The summed E-state index contributed by atoms with van der Waals surface area (Å²) in [6, 6.07) is 14.2. The van der Waals surface area contributed by atoms with Gasteiger partial charge in [0.25, 0.3) is 0 Å². The molecule has 0 heterocycles. The SMILES string of the molecule is COc1cccc(C=NCCc2ccccc2C)c1OC. The van der Waals surface area contributed by atoms with Crippen molar-refractivity contribution in [2.45, 2.75) is 13.3 Å². The molecule has 21 heavy (non-hydrogen) atoms. The molecule has 110 valence electrons. The highest BCUT2D eigenvalue weighted by Gasteiger charge is 2.06. The predicted molar refractivity (Wildman–Crippen MR) is 86.9 cm³/mol. The molecule has 0 spiro atoms. The van der Waals surface area contributed by atoms with Crippen LogP contribution in [0.4, 0.5) is 0 Å². The number of benzene rings is 2. The summed E-state index contributed by atoms with van der Waals surface area (Å²) in [6.45, 7) is 2.88. The maximum atomic E-state index is 5.39. The summed E-state index contributed by atoms with van der Waals surface area (Å²) in [5.41, 5.74) is 3.58. The molecule has 0 aliphatic heterocycles. The Morgan fingerprint density at radius 1 is 1.00 bits per heavy atom. The van der Waals surface area contributed by atoms with Crippen molar-refractivity contribution in [2.75, 3.05) is 20.8 Å². The molecule has 0 radical (unpaired) electrons. The Bertz CT molecular complexity index is 620. The highest BCUT2D eigenvalue weighted by Crippen LogP contribution is 2.29. The monoisotopic (exact) mass is 283 g/mol. The van der Waals surface area contributed by atoms with Crippen molar-refractivity contribution in [3.63, 3.8) is 0 Å². The first kappa shape index (κ1) is 15.1. The van der Waals surface area contributed by atoms with Crippen LogP contribution in [0.5, 0.6) is 11.5 Å². The first-order valence-electron chi connectivity index (χ1n) is 7.01. The number of ether oxygens (including phenoxy) is 2. The Morgan fingerprint density at radius 2 is 1.81 bits per heavy atom. The minimum Gasteiger partial charge on any atom is -0.493 e. The van der Waals surface area contributed by atoms with E-state index in [0.717, 1.165) is 30.0 Å². The number of aryl methyl sites for hydroxylation is 1. The van der Waals surface area contributed by atoms with Gasteiger partial charge in [0, 0.05) is 18.3 Å². The van der Waals surface area contributed by atoms with Crippen molar-refractivity contribution in [3.8, 4) is 11.5 Å². The van der Waals surface area contributed by atoms with Crippen molar-refractivity contribution in [3.05, 3.63) is 59.2 Å². The summed E-state index contributed by atoms with van der Waals surface area (Å²) in [6.07, 6.45) is 2.79. The Balaban J connectivity index is 2.04. The third kappa shape index (κ3) is 3.85. The zero-order chi connectivity index (χ0) is 15.1. The maximum Gasteiger partial charge on any atom is 0.169 e. The molecule has 0 aliphatic carbocycles. The molecule has 0 bridgehead atoms. The van der Waals surface area contributed by atoms with E-state index in [1.165, 1.54) is 11.1 Å². The van der Waals surface area contributed by atoms with Gasteiger partial charge in [-0.05, 0) is 36.6 Å². The van der Waals surface area contributed by atoms with Crippen molar-refractivity contribution in [2.24, 2.45) is 4.99 Å². The molecule has 0 N–H and O–H groups in total. The number of para-hydroxylation sites is 1. The van der Waals surface area contributed by atoms with E-state index in [1.54, 1.807) is 14.2 Å². The Hall–Kier alpha value is -2.29. The first-order chi connectivity index (χ1) is 10.3. The van der Waals surface area contributed by atoms with Crippen LogP contribution >= 0.6 is 0 Å². The van der Waals surface area contributed by atoms with Gasteiger partial charge in [-0.1, -0.05) is 30.3 Å². The summed E-state index contributed by atoms with van der Waals surface area (Å²) < 4.78 is 10.7. The molecule has 0 saturated heterocycles. The molecule has 2 rings (SSSR count). The molecule has 2 aromatic carbocycles. The van der Waals surface area contributed by atoms with E-state index in [-0.39, 0.29) is 0 Å². The maximum absolute atomic E-state index is 5.39. The van der Waals surface area contributed by atoms with Crippen LogP contribution in [0.15, 0.2) is 47.5 Å². The fourth-order valence-electron chi connectivity index (χ4n) is 2.25. The number of hydrogen-bond acceptors (Lipinski definition) is 3. The lowest BCUT2D eigenvalue weighted by molar-refractivity contribution is 0.354. The van der Waals surface area contributed by atoms with Gasteiger partial charge < -0.3 is 9.47 Å². The Labute approximate surface area is 126 Å². The number of aliphatic imine (C=N–C) groups is 1. The zero-order valence-electron chi connectivity index (χ0n) is 12.8. The minimum absolute atomic E-state index is 0.722. The fraction of sp³-hybridized carbons (Fsp3) is 0.278. The topological polar surface area (TPSA) is 30.8 Å². The van der Waals surface area contributed by atoms with Gasteiger partial charge in [-0.15, -0.1) is 0 Å². The lowest BCUT2D eigenvalue weighted by Crippen LogP contribution is -1.97. The van der Waals surface area contributed by atoms with E-state index in [0.29, 0.717) is 0 Å². The summed E-state index contributed by atoms with van der Waals surface area (Å²) >= 11 is 0. The second kappa shape index (κ2) is 7.48. The van der Waals surface area contributed by atoms with Gasteiger partial charge >= 0.3 is 0 Å². The summed E-state index contributed by atoms with van der Waals surface area (Å²) in [7, 11) is 3.28. The molecule has 0 amide bonds. The normalized spacial score (nSPS) is 10.8. The van der Waals surface area contributed by atoms with E-state index in [1.807, 2.05) is 24.4 Å². The molecule has 0 saturated carbocycles. The number of nitrogens with zero attached hydrogens (tertiary/aromatic N) is 1. The molecule has 0 aromatic heterocycles. The third-order valence-electron chi connectivity index (χ3n) is 3.44. The second-order valence-electron chi connectivity index (χ2n) is 4.79. The van der Waals surface area contributed by atoms with E-state index < -0.39 is 0 Å². The molecule has 0 atom stereocenters. The quantitative estimate of drug-likeness (QED) is 0.757. The number of rotatable bonds is 6.